The fourth-order valence-electron chi connectivity index (χ4n) is 1.38. The van der Waals surface area contributed by atoms with Crippen LogP contribution >= 0.6 is 11.3 Å². The summed E-state index contributed by atoms with van der Waals surface area (Å²) < 4.78 is 5.04. The van der Waals surface area contributed by atoms with Crippen LogP contribution in [0.4, 0.5) is 0 Å². The van der Waals surface area contributed by atoms with Crippen LogP contribution in [-0.2, 0) is 4.84 Å². The fourth-order valence-corrected chi connectivity index (χ4v) is 1.97. The van der Waals surface area contributed by atoms with Gasteiger partial charge in [0.25, 0.3) is 0 Å². The standard InChI is InChI=1S/C13H12N2O3S/c1-17-10-6-4-9(5-7-10)12(14)15-18-13(16)11-3-2-8-19-11/h2-8H,1H3,(H2,14,15)/p+1. The maximum absolute atomic E-state index is 11.6. The van der Waals surface area contributed by atoms with Crippen molar-refractivity contribution < 1.29 is 19.5 Å². The summed E-state index contributed by atoms with van der Waals surface area (Å²) in [5.41, 5.74) is 6.49. The Labute approximate surface area is 114 Å². The van der Waals surface area contributed by atoms with Gasteiger partial charge in [0, 0.05) is 0 Å². The van der Waals surface area contributed by atoms with Crippen molar-refractivity contribution >= 4 is 23.1 Å². The zero-order valence-corrected chi connectivity index (χ0v) is 11.1. The zero-order chi connectivity index (χ0) is 13.7. The molecule has 0 fully saturated rings. The summed E-state index contributed by atoms with van der Waals surface area (Å²) >= 11 is 1.30. The van der Waals surface area contributed by atoms with Crippen LogP contribution < -0.4 is 15.6 Å². The normalized spacial score (nSPS) is 11.1. The van der Waals surface area contributed by atoms with Crippen LogP contribution in [0.2, 0.25) is 0 Å². The molecule has 0 atom stereocenters. The first-order valence-electron chi connectivity index (χ1n) is 5.48. The zero-order valence-electron chi connectivity index (χ0n) is 10.3. The SMILES string of the molecule is COc1ccc(C(N)=[NH+]OC(=O)c2cccs2)cc1. The van der Waals surface area contributed by atoms with Gasteiger partial charge in [0.15, 0.2) is 0 Å². The molecule has 1 aromatic heterocycles. The van der Waals surface area contributed by atoms with E-state index < -0.39 is 5.97 Å². The number of hydrogen-bond donors (Lipinski definition) is 2. The van der Waals surface area contributed by atoms with Crippen molar-refractivity contribution in [2.24, 2.45) is 5.73 Å². The molecule has 0 aliphatic rings. The van der Waals surface area contributed by atoms with E-state index in [1.165, 1.54) is 11.3 Å². The van der Waals surface area contributed by atoms with Crippen LogP contribution in [0.25, 0.3) is 0 Å². The third-order valence-electron chi connectivity index (χ3n) is 2.38. The summed E-state index contributed by atoms with van der Waals surface area (Å²) in [6.45, 7) is 0. The van der Waals surface area contributed by atoms with E-state index in [1.807, 2.05) is 0 Å². The number of nitrogens with one attached hydrogen (secondary N) is 1. The molecular weight excluding hydrogens is 264 g/mol. The Kier molecular flexibility index (Phi) is 4.15. The third kappa shape index (κ3) is 3.32. The number of amidine groups is 1. The van der Waals surface area contributed by atoms with Crippen LogP contribution in [0.5, 0.6) is 5.75 Å². The largest absolute Gasteiger partial charge is 0.497 e. The van der Waals surface area contributed by atoms with Gasteiger partial charge in [0.2, 0.25) is 0 Å². The second kappa shape index (κ2) is 6.01. The Bertz CT molecular complexity index is 576. The molecule has 3 N–H and O–H groups in total. The lowest BCUT2D eigenvalue weighted by atomic mass is 10.2. The first-order valence-corrected chi connectivity index (χ1v) is 6.36. The van der Waals surface area contributed by atoms with E-state index in [4.69, 9.17) is 15.3 Å². The first-order chi connectivity index (χ1) is 9.20. The lowest BCUT2D eigenvalue weighted by Crippen LogP contribution is -2.75. The topological polar surface area (TPSA) is 75.5 Å². The van der Waals surface area contributed by atoms with Crippen LogP contribution in [0.15, 0.2) is 41.8 Å². The first kappa shape index (κ1) is 13.1. The highest BCUT2D eigenvalue weighted by molar-refractivity contribution is 7.11. The average molecular weight is 277 g/mol. The van der Waals surface area contributed by atoms with Gasteiger partial charge in [-0.3, -0.25) is 10.6 Å². The minimum Gasteiger partial charge on any atom is -0.497 e. The molecule has 5 nitrogen and oxygen atoms in total. The van der Waals surface area contributed by atoms with Crippen molar-refractivity contribution in [2.45, 2.75) is 0 Å². The maximum Gasteiger partial charge on any atom is 0.397 e. The summed E-state index contributed by atoms with van der Waals surface area (Å²) in [4.78, 5) is 17.0. The average Bonchev–Trinajstić information content (AvgIpc) is 2.98. The highest BCUT2D eigenvalue weighted by Gasteiger charge is 2.11. The lowest BCUT2D eigenvalue weighted by Gasteiger charge is -1.99. The molecule has 6 heteroatoms. The predicted octanol–water partition coefficient (Wildman–Crippen LogP) is 0.315. The number of ether oxygens (including phenoxy) is 1. The van der Waals surface area contributed by atoms with Gasteiger partial charge >= 0.3 is 11.8 Å². The number of rotatable bonds is 4. The van der Waals surface area contributed by atoms with Crippen molar-refractivity contribution in [2.75, 3.05) is 7.11 Å². The highest BCUT2D eigenvalue weighted by Crippen LogP contribution is 2.10. The molecular formula is C13H13N2O3S+. The number of carbonyl (C=O) groups is 1. The number of benzene rings is 1. The molecule has 19 heavy (non-hydrogen) atoms. The van der Waals surface area contributed by atoms with Crippen LogP contribution in [-0.4, -0.2) is 18.9 Å². The van der Waals surface area contributed by atoms with Crippen LogP contribution in [0, 0.1) is 0 Å². The smallest absolute Gasteiger partial charge is 0.397 e. The van der Waals surface area contributed by atoms with E-state index in [0.29, 0.717) is 10.4 Å². The molecule has 98 valence electrons. The van der Waals surface area contributed by atoms with Crippen molar-refractivity contribution in [1.82, 2.24) is 0 Å². The van der Waals surface area contributed by atoms with Gasteiger partial charge in [-0.05, 0) is 35.7 Å². The molecule has 1 aromatic carbocycles. The van der Waals surface area contributed by atoms with Crippen LogP contribution in [0.3, 0.4) is 0 Å². The van der Waals surface area contributed by atoms with Crippen molar-refractivity contribution in [3.8, 4) is 5.75 Å². The summed E-state index contributed by atoms with van der Waals surface area (Å²) in [5.74, 6) is 0.520. The van der Waals surface area contributed by atoms with E-state index in [0.717, 1.165) is 5.75 Å². The van der Waals surface area contributed by atoms with E-state index >= 15 is 0 Å². The molecule has 0 aliphatic heterocycles. The van der Waals surface area contributed by atoms with Crippen molar-refractivity contribution in [3.05, 3.63) is 52.2 Å². The van der Waals surface area contributed by atoms with Gasteiger partial charge in [-0.25, -0.2) is 4.79 Å². The number of hydrogen-bond acceptors (Lipinski definition) is 4. The van der Waals surface area contributed by atoms with Gasteiger partial charge in [-0.15, -0.1) is 11.3 Å². The molecule has 2 rings (SSSR count). The second-order valence-corrected chi connectivity index (χ2v) is 4.56. The summed E-state index contributed by atoms with van der Waals surface area (Å²) in [6.07, 6.45) is 0. The summed E-state index contributed by atoms with van der Waals surface area (Å²) in [6, 6.07) is 10.5. The number of nitrogen functional groups attached to an aromatic ring is 1. The number of thiophene rings is 1. The minimum absolute atomic E-state index is 0.257. The Balaban J connectivity index is 2.04. The monoisotopic (exact) mass is 277 g/mol. The maximum atomic E-state index is 11.6. The molecule has 1 heterocycles. The molecule has 0 aliphatic carbocycles. The number of carbonyl (C=O) groups excluding carboxylic acids is 1. The molecule has 0 amide bonds. The Morgan fingerprint density at radius 2 is 2.00 bits per heavy atom. The number of methoxy groups -OCH3 is 1. The van der Waals surface area contributed by atoms with E-state index in [-0.39, 0.29) is 5.84 Å². The van der Waals surface area contributed by atoms with Crippen molar-refractivity contribution in [1.29, 1.82) is 0 Å². The highest BCUT2D eigenvalue weighted by atomic mass is 32.1. The van der Waals surface area contributed by atoms with Gasteiger partial charge in [0.05, 0.1) is 12.7 Å². The summed E-state index contributed by atoms with van der Waals surface area (Å²) in [5, 5.41) is 4.23. The second-order valence-electron chi connectivity index (χ2n) is 3.61. The fraction of sp³-hybridized carbons (Fsp3) is 0.0769. The summed E-state index contributed by atoms with van der Waals surface area (Å²) in [7, 11) is 1.59. The Morgan fingerprint density at radius 1 is 1.26 bits per heavy atom. The molecule has 0 unspecified atom stereocenters. The quantitative estimate of drug-likeness (QED) is 0.365. The molecule has 0 radical (unpaired) electrons. The van der Waals surface area contributed by atoms with Crippen LogP contribution in [0.1, 0.15) is 15.2 Å². The number of nitrogens with two attached hydrogens (primary N) is 1. The molecule has 0 saturated heterocycles. The molecule has 0 bridgehead atoms. The predicted molar refractivity (Wildman–Crippen MR) is 72.0 cm³/mol. The third-order valence-corrected chi connectivity index (χ3v) is 3.23. The molecule has 0 saturated carbocycles. The molecule has 2 aromatic rings. The van der Waals surface area contributed by atoms with E-state index in [9.17, 15) is 4.79 Å². The Morgan fingerprint density at radius 3 is 2.58 bits per heavy atom. The lowest BCUT2D eigenvalue weighted by molar-refractivity contribution is -0.721. The van der Waals surface area contributed by atoms with E-state index in [1.54, 1.807) is 48.9 Å². The minimum atomic E-state index is -0.466. The van der Waals surface area contributed by atoms with Gasteiger partial charge in [-0.1, -0.05) is 11.2 Å². The molecule has 0 spiro atoms. The van der Waals surface area contributed by atoms with Gasteiger partial charge < -0.3 is 4.74 Å². The van der Waals surface area contributed by atoms with Gasteiger partial charge in [-0.2, -0.15) is 0 Å². The van der Waals surface area contributed by atoms with E-state index in [2.05, 4.69) is 5.16 Å². The van der Waals surface area contributed by atoms with Crippen molar-refractivity contribution in [3.63, 3.8) is 0 Å². The van der Waals surface area contributed by atoms with Gasteiger partial charge in [0.1, 0.15) is 10.6 Å². The Hall–Kier alpha value is -2.34.